The average Bonchev–Trinajstić information content (AvgIpc) is 1.64. The molecule has 0 amide bonds. The second-order valence-electron chi connectivity index (χ2n) is 2.15. The van der Waals surface area contributed by atoms with Gasteiger partial charge in [-0.25, -0.2) is 0 Å². The fourth-order valence-electron chi connectivity index (χ4n) is 0.690. The number of hydrogen-bond acceptors (Lipinski definition) is 3. The maximum atomic E-state index is 4.93. The van der Waals surface area contributed by atoms with Crippen molar-refractivity contribution < 1.29 is 9.47 Å². The third-order valence-corrected chi connectivity index (χ3v) is 1.54. The van der Waals surface area contributed by atoms with Gasteiger partial charge in [0.1, 0.15) is 0 Å². The van der Waals surface area contributed by atoms with Gasteiger partial charge in [-0.2, -0.15) is 12.6 Å². The lowest BCUT2D eigenvalue weighted by molar-refractivity contribution is -0.0392. The highest BCUT2D eigenvalue weighted by atomic mass is 32.1. The molecule has 0 N–H and O–H groups in total. The van der Waals surface area contributed by atoms with E-state index in [0.29, 0.717) is 6.61 Å². The van der Waals surface area contributed by atoms with E-state index in [-0.39, 0.29) is 4.75 Å². The Morgan fingerprint density at radius 2 is 2.38 bits per heavy atom. The van der Waals surface area contributed by atoms with Gasteiger partial charge >= 0.3 is 0 Å². The summed E-state index contributed by atoms with van der Waals surface area (Å²) >= 11 is 4.30. The Kier molecular flexibility index (Phi) is 1.80. The smallest absolute Gasteiger partial charge is 0.0828 e. The van der Waals surface area contributed by atoms with Crippen molar-refractivity contribution in [2.45, 2.75) is 4.75 Å². The van der Waals surface area contributed by atoms with Crippen LogP contribution in [-0.4, -0.2) is 31.7 Å². The first-order valence-electron chi connectivity index (χ1n) is 2.56. The monoisotopic (exact) mass is 134 g/mol. The van der Waals surface area contributed by atoms with E-state index in [0.717, 1.165) is 13.2 Å². The van der Waals surface area contributed by atoms with Gasteiger partial charge in [0.25, 0.3) is 0 Å². The van der Waals surface area contributed by atoms with E-state index < -0.39 is 0 Å². The molecule has 0 radical (unpaired) electrons. The lowest BCUT2D eigenvalue weighted by Gasteiger charge is -2.35. The Labute approximate surface area is 54.6 Å². The molecule has 1 heterocycles. The minimum atomic E-state index is 0.0226. The van der Waals surface area contributed by atoms with Crippen molar-refractivity contribution in [1.82, 2.24) is 0 Å². The molecule has 1 aliphatic heterocycles. The van der Waals surface area contributed by atoms with E-state index in [1.54, 1.807) is 7.11 Å². The predicted molar refractivity (Wildman–Crippen MR) is 34.4 cm³/mol. The van der Waals surface area contributed by atoms with Gasteiger partial charge < -0.3 is 9.47 Å². The molecule has 1 rings (SSSR count). The van der Waals surface area contributed by atoms with E-state index in [1.807, 2.05) is 0 Å². The highest BCUT2D eigenvalue weighted by molar-refractivity contribution is 7.82. The number of rotatable bonds is 2. The first-order chi connectivity index (χ1) is 3.77. The normalized spacial score (nSPS) is 24.8. The third-order valence-electron chi connectivity index (χ3n) is 1.15. The highest BCUT2D eigenvalue weighted by Crippen LogP contribution is 2.23. The Hall–Kier alpha value is 0.270. The van der Waals surface area contributed by atoms with Crippen LogP contribution >= 0.6 is 12.6 Å². The van der Waals surface area contributed by atoms with E-state index in [2.05, 4.69) is 12.6 Å². The number of thiol groups is 1. The van der Waals surface area contributed by atoms with Crippen molar-refractivity contribution >= 4 is 12.6 Å². The van der Waals surface area contributed by atoms with Crippen LogP contribution in [0.25, 0.3) is 0 Å². The Bertz CT molecular complexity index is 80.5. The fourth-order valence-corrected chi connectivity index (χ4v) is 1.00. The molecule has 3 heteroatoms. The summed E-state index contributed by atoms with van der Waals surface area (Å²) in [6, 6.07) is 0. The second kappa shape index (κ2) is 2.25. The minimum absolute atomic E-state index is 0.0226. The molecule has 1 aliphatic rings. The van der Waals surface area contributed by atoms with Gasteiger partial charge in [0, 0.05) is 7.11 Å². The summed E-state index contributed by atoms with van der Waals surface area (Å²) in [5.41, 5.74) is 0. The van der Waals surface area contributed by atoms with Crippen molar-refractivity contribution in [2.24, 2.45) is 0 Å². The highest BCUT2D eigenvalue weighted by Gasteiger charge is 2.34. The Morgan fingerprint density at radius 3 is 2.50 bits per heavy atom. The summed E-state index contributed by atoms with van der Waals surface area (Å²) in [6.45, 7) is 2.14. The van der Waals surface area contributed by atoms with Gasteiger partial charge in [-0.05, 0) is 0 Å². The van der Waals surface area contributed by atoms with Gasteiger partial charge in [0.2, 0.25) is 0 Å². The second-order valence-corrected chi connectivity index (χ2v) is 3.10. The van der Waals surface area contributed by atoms with Gasteiger partial charge in [0.15, 0.2) is 0 Å². The standard InChI is InChI=1S/C5H10O2S/c1-6-2-5(8)3-7-4-5/h8H,2-4H2,1H3. The maximum Gasteiger partial charge on any atom is 0.0828 e. The zero-order valence-corrected chi connectivity index (χ0v) is 5.78. The maximum absolute atomic E-state index is 4.93. The molecule has 48 valence electrons. The molecule has 0 aromatic rings. The first-order valence-corrected chi connectivity index (χ1v) is 3.01. The van der Waals surface area contributed by atoms with Crippen LogP contribution in [0, 0.1) is 0 Å². The van der Waals surface area contributed by atoms with Crippen LogP contribution in [0.15, 0.2) is 0 Å². The van der Waals surface area contributed by atoms with E-state index in [9.17, 15) is 0 Å². The fraction of sp³-hybridized carbons (Fsp3) is 1.00. The van der Waals surface area contributed by atoms with Crippen LogP contribution in [0.1, 0.15) is 0 Å². The zero-order chi connectivity index (χ0) is 6.04. The van der Waals surface area contributed by atoms with Crippen molar-refractivity contribution in [3.63, 3.8) is 0 Å². The van der Waals surface area contributed by atoms with Crippen molar-refractivity contribution in [3.8, 4) is 0 Å². The van der Waals surface area contributed by atoms with Crippen molar-refractivity contribution in [1.29, 1.82) is 0 Å². The molecule has 1 saturated heterocycles. The summed E-state index contributed by atoms with van der Waals surface area (Å²) in [5, 5.41) is 0. The Morgan fingerprint density at radius 1 is 1.75 bits per heavy atom. The molecule has 0 spiro atoms. The zero-order valence-electron chi connectivity index (χ0n) is 4.89. The summed E-state index contributed by atoms with van der Waals surface area (Å²) in [7, 11) is 1.68. The lowest BCUT2D eigenvalue weighted by atomic mass is 10.1. The van der Waals surface area contributed by atoms with Crippen LogP contribution in [-0.2, 0) is 9.47 Å². The van der Waals surface area contributed by atoms with E-state index >= 15 is 0 Å². The summed E-state index contributed by atoms with van der Waals surface area (Å²) in [6.07, 6.45) is 0. The van der Waals surface area contributed by atoms with Gasteiger partial charge in [0.05, 0.1) is 24.6 Å². The van der Waals surface area contributed by atoms with Crippen LogP contribution in [0.5, 0.6) is 0 Å². The van der Waals surface area contributed by atoms with Crippen molar-refractivity contribution in [2.75, 3.05) is 26.9 Å². The first kappa shape index (κ1) is 6.39. The summed E-state index contributed by atoms with van der Waals surface area (Å²) in [4.78, 5) is 0. The molecule has 0 aromatic heterocycles. The molecule has 1 fully saturated rings. The van der Waals surface area contributed by atoms with Crippen LogP contribution < -0.4 is 0 Å². The molecule has 0 aromatic carbocycles. The molecule has 2 nitrogen and oxygen atoms in total. The SMILES string of the molecule is COCC1(S)COC1. The lowest BCUT2D eigenvalue weighted by Crippen LogP contribution is -2.48. The third kappa shape index (κ3) is 1.16. The number of methoxy groups -OCH3 is 1. The molecule has 0 aliphatic carbocycles. The molecule has 0 atom stereocenters. The number of hydrogen-bond donors (Lipinski definition) is 1. The Balaban J connectivity index is 2.20. The summed E-state index contributed by atoms with van der Waals surface area (Å²) < 4.78 is 9.85. The molecule has 0 saturated carbocycles. The van der Waals surface area contributed by atoms with Gasteiger partial charge in [-0.3, -0.25) is 0 Å². The molecular weight excluding hydrogens is 124 g/mol. The van der Waals surface area contributed by atoms with Gasteiger partial charge in [-0.1, -0.05) is 0 Å². The van der Waals surface area contributed by atoms with E-state index in [4.69, 9.17) is 9.47 Å². The average molecular weight is 134 g/mol. The van der Waals surface area contributed by atoms with Gasteiger partial charge in [-0.15, -0.1) is 0 Å². The summed E-state index contributed by atoms with van der Waals surface area (Å²) in [5.74, 6) is 0. The molecule has 0 bridgehead atoms. The molecule has 8 heavy (non-hydrogen) atoms. The number of ether oxygens (including phenoxy) is 2. The van der Waals surface area contributed by atoms with Crippen LogP contribution in [0.4, 0.5) is 0 Å². The molecule has 0 unspecified atom stereocenters. The quantitative estimate of drug-likeness (QED) is 0.549. The van der Waals surface area contributed by atoms with E-state index in [1.165, 1.54) is 0 Å². The largest absolute Gasteiger partial charge is 0.383 e. The predicted octanol–water partition coefficient (Wildman–Crippen LogP) is 0.332. The van der Waals surface area contributed by atoms with Crippen LogP contribution in [0.3, 0.4) is 0 Å². The topological polar surface area (TPSA) is 18.5 Å². The minimum Gasteiger partial charge on any atom is -0.383 e. The molecular formula is C5H10O2S. The van der Waals surface area contributed by atoms with Crippen molar-refractivity contribution in [3.05, 3.63) is 0 Å². The van der Waals surface area contributed by atoms with Crippen LogP contribution in [0.2, 0.25) is 0 Å².